The summed E-state index contributed by atoms with van der Waals surface area (Å²) in [6, 6.07) is 0. The molecule has 2 rings (SSSR count). The Morgan fingerprint density at radius 3 is 2.67 bits per heavy atom. The standard InChI is InChI=1S/C10H15F2NO2/c1-6-2-7(6)4-13-5-8-3-10(11,12)9(14)15-8/h6-8,13H,2-5H2,1H3. The molecule has 86 valence electrons. The van der Waals surface area contributed by atoms with E-state index in [1.165, 1.54) is 6.42 Å². The fourth-order valence-electron chi connectivity index (χ4n) is 1.88. The second kappa shape index (κ2) is 3.70. The van der Waals surface area contributed by atoms with Crippen LogP contribution in [0.3, 0.4) is 0 Å². The molecule has 0 bridgehead atoms. The van der Waals surface area contributed by atoms with Crippen molar-refractivity contribution in [2.45, 2.75) is 31.8 Å². The lowest BCUT2D eigenvalue weighted by Gasteiger charge is -2.09. The molecule has 2 fully saturated rings. The molecule has 1 heterocycles. The predicted octanol–water partition coefficient (Wildman–Crippen LogP) is 1.18. The van der Waals surface area contributed by atoms with Crippen LogP contribution in [0, 0.1) is 11.8 Å². The number of hydrogen-bond donors (Lipinski definition) is 1. The van der Waals surface area contributed by atoms with Crippen LogP contribution in [0.4, 0.5) is 8.78 Å². The maximum absolute atomic E-state index is 12.7. The van der Waals surface area contributed by atoms with Crippen molar-refractivity contribution in [1.29, 1.82) is 0 Å². The average Bonchev–Trinajstić information content (AvgIpc) is 2.73. The number of nitrogens with one attached hydrogen (secondary N) is 1. The van der Waals surface area contributed by atoms with Gasteiger partial charge in [0.1, 0.15) is 6.10 Å². The summed E-state index contributed by atoms with van der Waals surface area (Å²) >= 11 is 0. The monoisotopic (exact) mass is 219 g/mol. The number of cyclic esters (lactones) is 1. The molecule has 1 aliphatic carbocycles. The van der Waals surface area contributed by atoms with Crippen LogP contribution < -0.4 is 5.32 Å². The molecule has 0 amide bonds. The fraction of sp³-hybridized carbons (Fsp3) is 0.900. The van der Waals surface area contributed by atoms with Gasteiger partial charge in [-0.2, -0.15) is 8.78 Å². The third kappa shape index (κ3) is 2.45. The van der Waals surface area contributed by atoms with Gasteiger partial charge in [0.25, 0.3) is 0 Å². The largest absolute Gasteiger partial charge is 0.456 e. The Morgan fingerprint density at radius 1 is 1.53 bits per heavy atom. The summed E-state index contributed by atoms with van der Waals surface area (Å²) in [6.07, 6.45) is 0.0497. The van der Waals surface area contributed by atoms with Crippen LogP contribution in [0.2, 0.25) is 0 Å². The summed E-state index contributed by atoms with van der Waals surface area (Å²) in [6.45, 7) is 3.33. The first-order valence-corrected chi connectivity index (χ1v) is 5.28. The number of rotatable bonds is 4. The Kier molecular flexibility index (Phi) is 2.66. The van der Waals surface area contributed by atoms with E-state index < -0.39 is 24.4 Å². The van der Waals surface area contributed by atoms with Crippen LogP contribution in [0.5, 0.6) is 0 Å². The molecule has 3 nitrogen and oxygen atoms in total. The van der Waals surface area contributed by atoms with Gasteiger partial charge in [-0.25, -0.2) is 4.79 Å². The zero-order chi connectivity index (χ0) is 11.1. The molecule has 0 aromatic carbocycles. The van der Waals surface area contributed by atoms with Gasteiger partial charge in [0.05, 0.1) is 6.42 Å². The number of carbonyl (C=O) groups is 1. The number of halogens is 2. The van der Waals surface area contributed by atoms with Crippen LogP contribution in [-0.2, 0) is 9.53 Å². The lowest BCUT2D eigenvalue weighted by Crippen LogP contribution is -2.28. The third-order valence-electron chi connectivity index (χ3n) is 3.11. The third-order valence-corrected chi connectivity index (χ3v) is 3.11. The van der Waals surface area contributed by atoms with E-state index >= 15 is 0 Å². The molecule has 2 aliphatic rings. The van der Waals surface area contributed by atoms with E-state index in [4.69, 9.17) is 0 Å². The van der Waals surface area contributed by atoms with Gasteiger partial charge in [-0.05, 0) is 24.8 Å². The first kappa shape index (κ1) is 10.8. The summed E-state index contributed by atoms with van der Waals surface area (Å²) in [5.41, 5.74) is 0. The molecule has 0 aromatic rings. The Morgan fingerprint density at radius 2 is 2.20 bits per heavy atom. The quantitative estimate of drug-likeness (QED) is 0.722. The number of alkyl halides is 2. The fourth-order valence-corrected chi connectivity index (χ4v) is 1.88. The van der Waals surface area contributed by atoms with Crippen molar-refractivity contribution in [3.63, 3.8) is 0 Å². The smallest absolute Gasteiger partial charge is 0.377 e. The van der Waals surface area contributed by atoms with E-state index in [-0.39, 0.29) is 0 Å². The summed E-state index contributed by atoms with van der Waals surface area (Å²) in [5.74, 6) is -3.25. The van der Waals surface area contributed by atoms with E-state index in [0.717, 1.165) is 12.5 Å². The van der Waals surface area contributed by atoms with E-state index in [2.05, 4.69) is 17.0 Å². The predicted molar refractivity (Wildman–Crippen MR) is 49.6 cm³/mol. The van der Waals surface area contributed by atoms with Crippen LogP contribution in [0.15, 0.2) is 0 Å². The highest BCUT2D eigenvalue weighted by Crippen LogP contribution is 2.37. The van der Waals surface area contributed by atoms with E-state index in [1.807, 2.05) is 0 Å². The minimum atomic E-state index is -3.28. The summed E-state index contributed by atoms with van der Waals surface area (Å²) in [5, 5.41) is 3.07. The summed E-state index contributed by atoms with van der Waals surface area (Å²) in [4.78, 5) is 10.7. The summed E-state index contributed by atoms with van der Waals surface area (Å²) < 4.78 is 30.0. The average molecular weight is 219 g/mol. The van der Waals surface area contributed by atoms with Crippen molar-refractivity contribution in [1.82, 2.24) is 5.32 Å². The molecule has 0 spiro atoms. The van der Waals surface area contributed by atoms with Gasteiger partial charge in [0, 0.05) is 6.54 Å². The first-order chi connectivity index (χ1) is 6.99. The lowest BCUT2D eigenvalue weighted by atomic mass is 10.2. The van der Waals surface area contributed by atoms with Gasteiger partial charge in [0.15, 0.2) is 0 Å². The molecular weight excluding hydrogens is 204 g/mol. The van der Waals surface area contributed by atoms with Gasteiger partial charge in [-0.1, -0.05) is 6.92 Å². The Bertz CT molecular complexity index is 270. The zero-order valence-corrected chi connectivity index (χ0v) is 8.63. The number of esters is 1. The molecule has 1 saturated carbocycles. The topological polar surface area (TPSA) is 38.3 Å². The van der Waals surface area contributed by atoms with E-state index in [0.29, 0.717) is 12.5 Å². The Balaban J connectivity index is 1.66. The van der Waals surface area contributed by atoms with Crippen LogP contribution in [-0.4, -0.2) is 31.1 Å². The van der Waals surface area contributed by atoms with Crippen LogP contribution in [0.1, 0.15) is 19.8 Å². The summed E-state index contributed by atoms with van der Waals surface area (Å²) in [7, 11) is 0. The normalized spacial score (nSPS) is 37.8. The van der Waals surface area contributed by atoms with E-state index in [1.54, 1.807) is 0 Å². The van der Waals surface area contributed by atoms with Crippen molar-refractivity contribution in [2.75, 3.05) is 13.1 Å². The van der Waals surface area contributed by atoms with Crippen molar-refractivity contribution >= 4 is 5.97 Å². The van der Waals surface area contributed by atoms with Crippen molar-refractivity contribution < 1.29 is 18.3 Å². The molecule has 5 heteroatoms. The molecule has 3 atom stereocenters. The van der Waals surface area contributed by atoms with Crippen LogP contribution >= 0.6 is 0 Å². The molecular formula is C10H15F2NO2. The number of ether oxygens (including phenoxy) is 1. The van der Waals surface area contributed by atoms with Crippen molar-refractivity contribution in [3.05, 3.63) is 0 Å². The molecule has 1 aliphatic heterocycles. The number of hydrogen-bond acceptors (Lipinski definition) is 3. The van der Waals surface area contributed by atoms with Crippen molar-refractivity contribution in [2.24, 2.45) is 11.8 Å². The second-order valence-corrected chi connectivity index (χ2v) is 4.57. The SMILES string of the molecule is CC1CC1CNCC1CC(F)(F)C(=O)O1. The highest BCUT2D eigenvalue weighted by molar-refractivity contribution is 5.79. The lowest BCUT2D eigenvalue weighted by molar-refractivity contribution is -0.159. The second-order valence-electron chi connectivity index (χ2n) is 4.57. The maximum Gasteiger partial charge on any atom is 0.377 e. The highest BCUT2D eigenvalue weighted by atomic mass is 19.3. The molecule has 1 N–H and O–H groups in total. The minimum absolute atomic E-state index is 0.338. The van der Waals surface area contributed by atoms with Gasteiger partial charge in [-0.3, -0.25) is 0 Å². The molecule has 15 heavy (non-hydrogen) atoms. The maximum atomic E-state index is 12.7. The van der Waals surface area contributed by atoms with Gasteiger partial charge in [0.2, 0.25) is 0 Å². The van der Waals surface area contributed by atoms with Gasteiger partial charge >= 0.3 is 11.9 Å². The molecule has 0 aromatic heterocycles. The minimum Gasteiger partial charge on any atom is -0.456 e. The van der Waals surface area contributed by atoms with Gasteiger partial charge < -0.3 is 10.1 Å². The van der Waals surface area contributed by atoms with Gasteiger partial charge in [-0.15, -0.1) is 0 Å². The van der Waals surface area contributed by atoms with Crippen molar-refractivity contribution in [3.8, 4) is 0 Å². The Labute approximate surface area is 87.2 Å². The molecule has 1 saturated heterocycles. The molecule has 3 unspecified atom stereocenters. The number of carbonyl (C=O) groups excluding carboxylic acids is 1. The zero-order valence-electron chi connectivity index (χ0n) is 8.63. The van der Waals surface area contributed by atoms with E-state index in [9.17, 15) is 13.6 Å². The molecule has 0 radical (unpaired) electrons. The first-order valence-electron chi connectivity index (χ1n) is 5.28. The highest BCUT2D eigenvalue weighted by Gasteiger charge is 2.50. The van der Waals surface area contributed by atoms with Crippen LogP contribution in [0.25, 0.3) is 0 Å². The Hall–Kier alpha value is -0.710.